The van der Waals surface area contributed by atoms with Crippen molar-refractivity contribution in [2.75, 3.05) is 5.32 Å². The van der Waals surface area contributed by atoms with Gasteiger partial charge in [-0.25, -0.2) is 4.79 Å². The highest BCUT2D eigenvalue weighted by molar-refractivity contribution is 7.80. The van der Waals surface area contributed by atoms with Gasteiger partial charge in [0.25, 0.3) is 5.17 Å². The molecule has 0 aromatic heterocycles. The van der Waals surface area contributed by atoms with Crippen molar-refractivity contribution in [3.63, 3.8) is 0 Å². The lowest BCUT2D eigenvalue weighted by Gasteiger charge is -2.10. The van der Waals surface area contributed by atoms with Gasteiger partial charge in [0, 0.05) is 12.2 Å². The van der Waals surface area contributed by atoms with Gasteiger partial charge in [-0.05, 0) is 47.6 Å². The van der Waals surface area contributed by atoms with Crippen LogP contribution in [0.25, 0.3) is 0 Å². The van der Waals surface area contributed by atoms with Crippen LogP contribution >= 0.6 is 12.2 Å². The first-order valence-electron chi connectivity index (χ1n) is 8.76. The number of thiocarbonyl (C=S) groups is 1. The van der Waals surface area contributed by atoms with Gasteiger partial charge in [-0.3, -0.25) is 0 Å². The molecule has 0 bridgehead atoms. The van der Waals surface area contributed by atoms with Gasteiger partial charge in [0.15, 0.2) is 0 Å². The lowest BCUT2D eigenvalue weighted by Crippen LogP contribution is -2.23. The van der Waals surface area contributed by atoms with Crippen molar-refractivity contribution >= 4 is 29.2 Å². The van der Waals surface area contributed by atoms with Crippen LogP contribution in [-0.2, 0) is 17.9 Å². The van der Waals surface area contributed by atoms with E-state index in [0.29, 0.717) is 12.3 Å². The summed E-state index contributed by atoms with van der Waals surface area (Å²) < 4.78 is 10.7. The topological polar surface area (TPSA) is 59.6 Å². The molecule has 0 atom stereocenters. The van der Waals surface area contributed by atoms with Crippen LogP contribution in [0, 0.1) is 0 Å². The van der Waals surface area contributed by atoms with Crippen LogP contribution in [0.5, 0.6) is 5.75 Å². The Morgan fingerprint density at radius 1 is 0.821 bits per heavy atom. The summed E-state index contributed by atoms with van der Waals surface area (Å²) in [4.78, 5) is 11.8. The minimum absolute atomic E-state index is 0.244. The zero-order valence-electron chi connectivity index (χ0n) is 15.1. The molecule has 0 saturated carbocycles. The first kappa shape index (κ1) is 19.4. The number of hydrogen-bond acceptors (Lipinski definition) is 4. The molecule has 0 aliphatic heterocycles. The summed E-state index contributed by atoms with van der Waals surface area (Å²) in [6, 6.07) is 26.4. The van der Waals surface area contributed by atoms with E-state index >= 15 is 0 Å². The molecule has 28 heavy (non-hydrogen) atoms. The number of anilines is 1. The smallest absolute Gasteiger partial charge is 0.407 e. The van der Waals surface area contributed by atoms with E-state index in [1.165, 1.54) is 0 Å². The second-order valence-electron chi connectivity index (χ2n) is 5.94. The number of benzene rings is 3. The summed E-state index contributed by atoms with van der Waals surface area (Å²) >= 11 is 5.20. The van der Waals surface area contributed by atoms with Gasteiger partial charge >= 0.3 is 6.09 Å². The predicted molar refractivity (Wildman–Crippen MR) is 113 cm³/mol. The van der Waals surface area contributed by atoms with Gasteiger partial charge in [0.1, 0.15) is 12.4 Å². The van der Waals surface area contributed by atoms with E-state index in [0.717, 1.165) is 16.8 Å². The van der Waals surface area contributed by atoms with Crippen molar-refractivity contribution in [2.24, 2.45) is 0 Å². The molecule has 0 saturated heterocycles. The lowest BCUT2D eigenvalue weighted by molar-refractivity contribution is 0.139. The number of carbonyl (C=O) groups excluding carboxylic acids is 1. The fourth-order valence-electron chi connectivity index (χ4n) is 2.39. The lowest BCUT2D eigenvalue weighted by atomic mass is 10.2. The van der Waals surface area contributed by atoms with Crippen molar-refractivity contribution in [2.45, 2.75) is 13.2 Å². The third kappa shape index (κ3) is 6.41. The number of nitrogens with one attached hydrogen (secondary N) is 2. The maximum absolute atomic E-state index is 11.8. The Bertz CT molecular complexity index is 900. The van der Waals surface area contributed by atoms with Gasteiger partial charge in [-0.2, -0.15) is 0 Å². The van der Waals surface area contributed by atoms with Gasteiger partial charge in [-0.15, -0.1) is 0 Å². The Labute approximate surface area is 169 Å². The molecule has 0 heterocycles. The Kier molecular flexibility index (Phi) is 6.98. The molecule has 0 radical (unpaired) electrons. The van der Waals surface area contributed by atoms with Gasteiger partial charge in [0.2, 0.25) is 0 Å². The van der Waals surface area contributed by atoms with Crippen LogP contribution in [-0.4, -0.2) is 11.3 Å². The molecule has 2 N–H and O–H groups in total. The van der Waals surface area contributed by atoms with Gasteiger partial charge < -0.3 is 20.1 Å². The number of carbonyl (C=O) groups is 1. The summed E-state index contributed by atoms with van der Waals surface area (Å²) in [6.45, 7) is 0.618. The normalized spacial score (nSPS) is 10.0. The summed E-state index contributed by atoms with van der Waals surface area (Å²) in [5.41, 5.74) is 2.69. The van der Waals surface area contributed by atoms with E-state index in [9.17, 15) is 4.79 Å². The number of para-hydroxylation sites is 1. The molecule has 0 spiro atoms. The van der Waals surface area contributed by atoms with Crippen LogP contribution in [0.4, 0.5) is 10.5 Å². The molecule has 1 amide bonds. The van der Waals surface area contributed by atoms with Crippen molar-refractivity contribution in [3.8, 4) is 5.75 Å². The molecule has 5 nitrogen and oxygen atoms in total. The molecule has 3 aromatic rings. The zero-order valence-corrected chi connectivity index (χ0v) is 15.9. The Morgan fingerprint density at radius 3 is 2.14 bits per heavy atom. The first-order valence-corrected chi connectivity index (χ1v) is 9.17. The van der Waals surface area contributed by atoms with Crippen LogP contribution in [0.3, 0.4) is 0 Å². The molecule has 6 heteroatoms. The maximum Gasteiger partial charge on any atom is 0.407 e. The summed E-state index contributed by atoms with van der Waals surface area (Å²) in [7, 11) is 0. The average Bonchev–Trinajstić information content (AvgIpc) is 2.73. The SMILES string of the molecule is O=C(NCc1ccc(NC(=S)Oc2ccccc2)cc1)OCc1ccccc1. The highest BCUT2D eigenvalue weighted by Crippen LogP contribution is 2.13. The minimum Gasteiger partial charge on any atom is -0.445 e. The van der Waals surface area contributed by atoms with Crippen molar-refractivity contribution < 1.29 is 14.3 Å². The highest BCUT2D eigenvalue weighted by atomic mass is 32.1. The second kappa shape index (κ2) is 10.1. The largest absolute Gasteiger partial charge is 0.445 e. The number of rotatable bonds is 6. The summed E-state index contributed by atoms with van der Waals surface area (Å²) in [6.07, 6.45) is -0.455. The van der Waals surface area contributed by atoms with E-state index in [1.807, 2.05) is 84.9 Å². The van der Waals surface area contributed by atoms with Crippen molar-refractivity contribution in [3.05, 3.63) is 96.1 Å². The third-order valence-electron chi connectivity index (χ3n) is 3.80. The average molecular weight is 392 g/mol. The van der Waals surface area contributed by atoms with E-state index in [2.05, 4.69) is 10.6 Å². The Hall–Kier alpha value is -3.38. The number of ether oxygens (including phenoxy) is 2. The van der Waals surface area contributed by atoms with E-state index < -0.39 is 6.09 Å². The summed E-state index contributed by atoms with van der Waals surface area (Å²) in [5.74, 6) is 0.676. The molecule has 0 fully saturated rings. The van der Waals surface area contributed by atoms with Crippen LogP contribution < -0.4 is 15.4 Å². The fraction of sp³-hybridized carbons (Fsp3) is 0.0909. The molecular weight excluding hydrogens is 372 g/mol. The van der Waals surface area contributed by atoms with E-state index in [-0.39, 0.29) is 11.8 Å². The van der Waals surface area contributed by atoms with Crippen molar-refractivity contribution in [1.29, 1.82) is 0 Å². The standard InChI is InChI=1S/C22H20N2O3S/c25-21(26-16-18-7-3-1-4-8-18)23-15-17-11-13-19(14-12-17)24-22(28)27-20-9-5-2-6-10-20/h1-14H,15-16H2,(H,23,25)(H,24,28). The predicted octanol–water partition coefficient (Wildman–Crippen LogP) is 4.89. The molecule has 0 unspecified atom stereocenters. The zero-order chi connectivity index (χ0) is 19.6. The van der Waals surface area contributed by atoms with E-state index in [4.69, 9.17) is 21.7 Å². The molecular formula is C22H20N2O3S. The van der Waals surface area contributed by atoms with Crippen molar-refractivity contribution in [1.82, 2.24) is 5.32 Å². The van der Waals surface area contributed by atoms with Crippen LogP contribution in [0.1, 0.15) is 11.1 Å². The molecule has 0 aliphatic rings. The number of amides is 1. The van der Waals surface area contributed by atoms with Crippen LogP contribution in [0.2, 0.25) is 0 Å². The molecule has 0 aliphatic carbocycles. The van der Waals surface area contributed by atoms with Gasteiger partial charge in [-0.1, -0.05) is 60.7 Å². The minimum atomic E-state index is -0.455. The molecule has 3 rings (SSSR count). The Balaban J connectivity index is 1.41. The van der Waals surface area contributed by atoms with Crippen LogP contribution in [0.15, 0.2) is 84.9 Å². The summed E-state index contributed by atoms with van der Waals surface area (Å²) in [5, 5.41) is 6.01. The monoisotopic (exact) mass is 392 g/mol. The van der Waals surface area contributed by atoms with Gasteiger partial charge in [0.05, 0.1) is 0 Å². The quantitative estimate of drug-likeness (QED) is 0.585. The number of alkyl carbamates (subject to hydrolysis) is 1. The van der Waals surface area contributed by atoms with E-state index in [1.54, 1.807) is 0 Å². The maximum atomic E-state index is 11.8. The first-order chi connectivity index (χ1) is 13.7. The highest BCUT2D eigenvalue weighted by Gasteiger charge is 2.04. The second-order valence-corrected chi connectivity index (χ2v) is 6.31. The molecule has 142 valence electrons. The fourth-order valence-corrected chi connectivity index (χ4v) is 2.61. The Morgan fingerprint density at radius 2 is 1.46 bits per heavy atom. The third-order valence-corrected chi connectivity index (χ3v) is 3.99. The number of hydrogen-bond donors (Lipinski definition) is 2. The molecule has 3 aromatic carbocycles.